The largest absolute Gasteiger partial charge is 0.356 e. The van der Waals surface area contributed by atoms with Gasteiger partial charge in [0.15, 0.2) is 0 Å². The van der Waals surface area contributed by atoms with E-state index in [-0.39, 0.29) is 11.3 Å². The van der Waals surface area contributed by atoms with Crippen LogP contribution in [-0.4, -0.2) is 17.8 Å². The fourth-order valence-electron chi connectivity index (χ4n) is 2.87. The summed E-state index contributed by atoms with van der Waals surface area (Å²) < 4.78 is 0. The van der Waals surface area contributed by atoms with Crippen LogP contribution in [0.25, 0.3) is 0 Å². The van der Waals surface area contributed by atoms with E-state index in [1.807, 2.05) is 0 Å². The quantitative estimate of drug-likeness (QED) is 0.533. The molecule has 0 aliphatic heterocycles. The topological polar surface area (TPSA) is 29.1 Å². The number of nitrogens with one attached hydrogen (secondary N) is 1. The third-order valence-electron chi connectivity index (χ3n) is 4.20. The lowest BCUT2D eigenvalue weighted by atomic mass is 9.88. The highest BCUT2D eigenvalue weighted by atomic mass is 79.9. The van der Waals surface area contributed by atoms with E-state index in [0.29, 0.717) is 5.92 Å². The van der Waals surface area contributed by atoms with Crippen molar-refractivity contribution < 1.29 is 4.79 Å². The summed E-state index contributed by atoms with van der Waals surface area (Å²) in [6.07, 6.45) is 10.9. The lowest BCUT2D eigenvalue weighted by Gasteiger charge is -2.25. The zero-order valence-corrected chi connectivity index (χ0v) is 14.2. The van der Waals surface area contributed by atoms with E-state index in [1.54, 1.807) is 0 Å². The molecule has 112 valence electrons. The molecule has 2 nitrogen and oxygen atoms in total. The zero-order chi connectivity index (χ0) is 14.1. The standard InChI is InChI=1S/C16H30BrNO/c1-16(2,10-7-11-17)13-18-15(19)12-14-8-5-3-4-6-9-14/h14H,3-13H2,1-2H3,(H,18,19). The minimum atomic E-state index is 0.215. The maximum atomic E-state index is 12.0. The second-order valence-corrected chi connectivity index (χ2v) is 7.59. The minimum Gasteiger partial charge on any atom is -0.356 e. The maximum absolute atomic E-state index is 12.0. The Balaban J connectivity index is 2.22. The number of hydrogen-bond acceptors (Lipinski definition) is 1. The van der Waals surface area contributed by atoms with Crippen LogP contribution in [0.2, 0.25) is 0 Å². The van der Waals surface area contributed by atoms with Crippen LogP contribution in [0, 0.1) is 11.3 Å². The molecule has 1 rings (SSSR count). The van der Waals surface area contributed by atoms with Crippen LogP contribution in [0.3, 0.4) is 0 Å². The van der Waals surface area contributed by atoms with Crippen LogP contribution in [0.4, 0.5) is 0 Å². The van der Waals surface area contributed by atoms with E-state index in [2.05, 4.69) is 35.1 Å². The second kappa shape index (κ2) is 8.99. The third kappa shape index (κ3) is 7.96. The first-order valence-electron chi connectivity index (χ1n) is 7.86. The first-order chi connectivity index (χ1) is 9.03. The van der Waals surface area contributed by atoms with Crippen molar-refractivity contribution >= 4 is 21.8 Å². The van der Waals surface area contributed by atoms with Crippen LogP contribution in [0.15, 0.2) is 0 Å². The SMILES string of the molecule is CC(C)(CCCBr)CNC(=O)CC1CCCCCC1. The molecule has 0 unspecified atom stereocenters. The van der Waals surface area contributed by atoms with Crippen LogP contribution < -0.4 is 5.32 Å². The fraction of sp³-hybridized carbons (Fsp3) is 0.938. The van der Waals surface area contributed by atoms with Crippen molar-refractivity contribution in [1.29, 1.82) is 0 Å². The summed E-state index contributed by atoms with van der Waals surface area (Å²) in [6.45, 7) is 5.29. The molecule has 0 atom stereocenters. The predicted octanol–water partition coefficient (Wildman–Crippen LogP) is 4.66. The Kier molecular flexibility index (Phi) is 8.05. The van der Waals surface area contributed by atoms with Crippen LogP contribution in [0.1, 0.15) is 71.6 Å². The monoisotopic (exact) mass is 331 g/mol. The first-order valence-corrected chi connectivity index (χ1v) is 8.98. The van der Waals surface area contributed by atoms with Crippen molar-refractivity contribution in [3.8, 4) is 0 Å². The van der Waals surface area contributed by atoms with Crippen molar-refractivity contribution in [3.63, 3.8) is 0 Å². The number of carbonyl (C=O) groups is 1. The highest BCUT2D eigenvalue weighted by Gasteiger charge is 2.20. The Hall–Kier alpha value is -0.0500. The molecule has 0 bridgehead atoms. The van der Waals surface area contributed by atoms with Gasteiger partial charge in [-0.2, -0.15) is 0 Å². The molecule has 0 radical (unpaired) electrons. The third-order valence-corrected chi connectivity index (χ3v) is 4.76. The number of amides is 1. The summed E-state index contributed by atoms with van der Waals surface area (Å²) in [4.78, 5) is 12.0. The molecule has 0 spiro atoms. The van der Waals surface area contributed by atoms with Gasteiger partial charge in [-0.1, -0.05) is 55.5 Å². The van der Waals surface area contributed by atoms with Gasteiger partial charge in [0.05, 0.1) is 0 Å². The van der Waals surface area contributed by atoms with Crippen LogP contribution in [-0.2, 0) is 4.79 Å². The Morgan fingerprint density at radius 1 is 1.21 bits per heavy atom. The van der Waals surface area contributed by atoms with Crippen molar-refractivity contribution in [2.24, 2.45) is 11.3 Å². The lowest BCUT2D eigenvalue weighted by Crippen LogP contribution is -2.34. The molecule has 1 amide bonds. The van der Waals surface area contributed by atoms with Gasteiger partial charge in [-0.3, -0.25) is 4.79 Å². The van der Waals surface area contributed by atoms with Gasteiger partial charge in [-0.15, -0.1) is 0 Å². The number of carbonyl (C=O) groups excluding carboxylic acids is 1. The summed E-state index contributed by atoms with van der Waals surface area (Å²) in [5.41, 5.74) is 0.215. The Labute approximate surface area is 127 Å². The van der Waals surface area contributed by atoms with E-state index < -0.39 is 0 Å². The van der Waals surface area contributed by atoms with E-state index in [9.17, 15) is 4.79 Å². The van der Waals surface area contributed by atoms with E-state index >= 15 is 0 Å². The molecular formula is C16H30BrNO. The predicted molar refractivity (Wildman–Crippen MR) is 85.6 cm³/mol. The van der Waals surface area contributed by atoms with E-state index in [0.717, 1.165) is 24.7 Å². The van der Waals surface area contributed by atoms with Gasteiger partial charge < -0.3 is 5.32 Å². The number of halogens is 1. The van der Waals surface area contributed by atoms with Gasteiger partial charge in [0.1, 0.15) is 0 Å². The van der Waals surface area contributed by atoms with Crippen LogP contribution in [0.5, 0.6) is 0 Å². The van der Waals surface area contributed by atoms with Crippen molar-refractivity contribution in [2.75, 3.05) is 11.9 Å². The highest BCUT2D eigenvalue weighted by molar-refractivity contribution is 9.09. The molecule has 1 N–H and O–H groups in total. The maximum Gasteiger partial charge on any atom is 0.220 e. The Morgan fingerprint density at radius 3 is 2.42 bits per heavy atom. The Bertz CT molecular complexity index is 257. The summed E-state index contributed by atoms with van der Waals surface area (Å²) in [6, 6.07) is 0. The molecule has 1 saturated carbocycles. The summed E-state index contributed by atoms with van der Waals surface area (Å²) in [5.74, 6) is 0.895. The van der Waals surface area contributed by atoms with E-state index in [4.69, 9.17) is 0 Å². The molecule has 1 fully saturated rings. The normalized spacial score (nSPS) is 18.1. The van der Waals surface area contributed by atoms with Gasteiger partial charge in [0, 0.05) is 18.3 Å². The smallest absolute Gasteiger partial charge is 0.220 e. The number of hydrogen-bond donors (Lipinski definition) is 1. The molecule has 0 heterocycles. The molecule has 0 aromatic carbocycles. The van der Waals surface area contributed by atoms with Gasteiger partial charge in [-0.25, -0.2) is 0 Å². The summed E-state index contributed by atoms with van der Waals surface area (Å²) in [7, 11) is 0. The lowest BCUT2D eigenvalue weighted by molar-refractivity contribution is -0.122. The van der Waals surface area contributed by atoms with Gasteiger partial charge >= 0.3 is 0 Å². The molecule has 1 aliphatic carbocycles. The van der Waals surface area contributed by atoms with Gasteiger partial charge in [0.2, 0.25) is 5.91 Å². The summed E-state index contributed by atoms with van der Waals surface area (Å²) in [5, 5.41) is 4.19. The van der Waals surface area contributed by atoms with E-state index in [1.165, 1.54) is 44.9 Å². The molecule has 0 saturated heterocycles. The molecule has 0 aromatic heterocycles. The van der Waals surface area contributed by atoms with Crippen molar-refractivity contribution in [1.82, 2.24) is 5.32 Å². The highest BCUT2D eigenvalue weighted by Crippen LogP contribution is 2.26. The van der Waals surface area contributed by atoms with Crippen molar-refractivity contribution in [2.45, 2.75) is 71.6 Å². The Morgan fingerprint density at radius 2 is 1.84 bits per heavy atom. The zero-order valence-electron chi connectivity index (χ0n) is 12.6. The fourth-order valence-corrected chi connectivity index (χ4v) is 3.15. The van der Waals surface area contributed by atoms with Crippen LogP contribution >= 0.6 is 15.9 Å². The number of rotatable bonds is 7. The molecular weight excluding hydrogens is 302 g/mol. The minimum absolute atomic E-state index is 0.215. The second-order valence-electron chi connectivity index (χ2n) is 6.80. The average Bonchev–Trinajstić information content (AvgIpc) is 2.63. The van der Waals surface area contributed by atoms with Gasteiger partial charge in [0.25, 0.3) is 0 Å². The molecule has 0 aromatic rings. The summed E-state index contributed by atoms with van der Waals surface area (Å²) >= 11 is 3.47. The average molecular weight is 332 g/mol. The van der Waals surface area contributed by atoms with Gasteiger partial charge in [-0.05, 0) is 37.0 Å². The first kappa shape index (κ1) is 17.0. The molecule has 1 aliphatic rings. The molecule has 19 heavy (non-hydrogen) atoms. The molecule has 3 heteroatoms. The van der Waals surface area contributed by atoms with Crippen molar-refractivity contribution in [3.05, 3.63) is 0 Å². The number of alkyl halides is 1.